The fourth-order valence-corrected chi connectivity index (χ4v) is 0.862. The molecule has 0 amide bonds. The lowest BCUT2D eigenvalue weighted by Gasteiger charge is -2.20. The summed E-state index contributed by atoms with van der Waals surface area (Å²) in [7, 11) is 0. The first-order valence-electron chi connectivity index (χ1n) is 3.50. The highest BCUT2D eigenvalue weighted by molar-refractivity contribution is 4.71. The maximum absolute atomic E-state index is 11.9. The fourth-order valence-electron chi connectivity index (χ4n) is 0.862. The minimum atomic E-state index is -4.82. The van der Waals surface area contributed by atoms with E-state index in [0.29, 0.717) is 0 Å². The molecule has 0 radical (unpaired) electrons. The largest absolute Gasteiger partial charge is 0.392 e. The number of rotatable bonds is 3. The first-order chi connectivity index (χ1) is 5.67. The van der Waals surface area contributed by atoms with E-state index in [2.05, 4.69) is 0 Å². The van der Waals surface area contributed by atoms with Gasteiger partial charge in [-0.1, -0.05) is 0 Å². The molecule has 0 aliphatic heterocycles. The third kappa shape index (κ3) is 5.73. The summed E-state index contributed by atoms with van der Waals surface area (Å²) < 4.78 is 70.5. The predicted octanol–water partition coefficient (Wildman–Crippen LogP) is 2.47. The second-order valence-electron chi connectivity index (χ2n) is 2.64. The van der Waals surface area contributed by atoms with Crippen LogP contribution in [0.5, 0.6) is 0 Å². The Balaban J connectivity index is 4.27. The van der Waals surface area contributed by atoms with Crippen molar-refractivity contribution in [2.75, 3.05) is 6.54 Å². The summed E-state index contributed by atoms with van der Waals surface area (Å²) in [6, 6.07) is 0. The predicted molar refractivity (Wildman–Crippen MR) is 33.9 cm³/mol. The molecule has 0 spiro atoms. The van der Waals surface area contributed by atoms with Crippen LogP contribution < -0.4 is 5.73 Å². The summed E-state index contributed by atoms with van der Waals surface area (Å²) in [5, 5.41) is 0. The molecule has 1 nitrogen and oxygen atoms in total. The van der Waals surface area contributed by atoms with Gasteiger partial charge >= 0.3 is 12.4 Å². The number of halogens is 6. The molecule has 0 fully saturated rings. The molecule has 0 bridgehead atoms. The first-order valence-corrected chi connectivity index (χ1v) is 3.50. The van der Waals surface area contributed by atoms with Gasteiger partial charge in [0.25, 0.3) is 0 Å². The van der Waals surface area contributed by atoms with Crippen LogP contribution >= 0.6 is 0 Å². The number of alkyl halides is 6. The Morgan fingerprint density at radius 1 is 1.00 bits per heavy atom. The number of hydrogen-bond donors (Lipinski definition) is 1. The molecular weight excluding hydrogens is 200 g/mol. The van der Waals surface area contributed by atoms with E-state index < -0.39 is 37.7 Å². The SMILES string of the molecule is NCCC(CC(F)(F)F)C(F)(F)F. The first kappa shape index (κ1) is 12.5. The Hall–Kier alpha value is -0.460. The molecule has 1 atom stereocenters. The summed E-state index contributed by atoms with van der Waals surface area (Å²) >= 11 is 0. The lowest BCUT2D eigenvalue weighted by atomic mass is 10.0. The summed E-state index contributed by atoms with van der Waals surface area (Å²) in [6.45, 7) is -0.403. The molecule has 0 saturated carbocycles. The van der Waals surface area contributed by atoms with Gasteiger partial charge in [0.1, 0.15) is 0 Å². The minimum absolute atomic E-state index is 0.403. The third-order valence-electron chi connectivity index (χ3n) is 1.46. The van der Waals surface area contributed by atoms with Crippen molar-refractivity contribution in [3.63, 3.8) is 0 Å². The van der Waals surface area contributed by atoms with E-state index in [1.54, 1.807) is 0 Å². The molecule has 0 aromatic heterocycles. The maximum atomic E-state index is 11.9. The quantitative estimate of drug-likeness (QED) is 0.710. The van der Waals surface area contributed by atoms with Crippen molar-refractivity contribution < 1.29 is 26.3 Å². The Kier molecular flexibility index (Phi) is 4.02. The molecule has 0 aromatic carbocycles. The third-order valence-corrected chi connectivity index (χ3v) is 1.46. The van der Waals surface area contributed by atoms with Gasteiger partial charge in [0, 0.05) is 0 Å². The van der Waals surface area contributed by atoms with Gasteiger partial charge in [-0.3, -0.25) is 0 Å². The van der Waals surface area contributed by atoms with Crippen LogP contribution in [0.4, 0.5) is 26.3 Å². The van der Waals surface area contributed by atoms with Crippen LogP contribution in [0, 0.1) is 5.92 Å². The molecule has 0 heterocycles. The second-order valence-corrected chi connectivity index (χ2v) is 2.64. The van der Waals surface area contributed by atoms with Crippen molar-refractivity contribution >= 4 is 0 Å². The van der Waals surface area contributed by atoms with Crippen LogP contribution in [0.25, 0.3) is 0 Å². The molecule has 80 valence electrons. The number of nitrogens with two attached hydrogens (primary N) is 1. The van der Waals surface area contributed by atoms with Crippen molar-refractivity contribution in [3.8, 4) is 0 Å². The average Bonchev–Trinajstić information content (AvgIpc) is 1.81. The molecule has 2 N–H and O–H groups in total. The Morgan fingerprint density at radius 3 is 1.69 bits per heavy atom. The van der Waals surface area contributed by atoms with Gasteiger partial charge in [-0.25, -0.2) is 0 Å². The number of hydrogen-bond acceptors (Lipinski definition) is 1. The van der Waals surface area contributed by atoms with Crippen molar-refractivity contribution in [1.82, 2.24) is 0 Å². The van der Waals surface area contributed by atoms with Gasteiger partial charge in [0.05, 0.1) is 12.3 Å². The van der Waals surface area contributed by atoms with Crippen molar-refractivity contribution in [2.45, 2.75) is 25.2 Å². The van der Waals surface area contributed by atoms with Crippen molar-refractivity contribution in [2.24, 2.45) is 11.7 Å². The summed E-state index contributed by atoms with van der Waals surface area (Å²) in [5.41, 5.74) is 4.78. The lowest BCUT2D eigenvalue weighted by Crippen LogP contribution is -2.30. The Bertz CT molecular complexity index is 148. The summed E-state index contributed by atoms with van der Waals surface area (Å²) in [6.07, 6.45) is -12.2. The summed E-state index contributed by atoms with van der Waals surface area (Å²) in [4.78, 5) is 0. The van der Waals surface area contributed by atoms with Gasteiger partial charge in [-0.05, 0) is 13.0 Å². The zero-order valence-corrected chi connectivity index (χ0v) is 6.54. The van der Waals surface area contributed by atoms with Gasteiger partial charge in [-0.2, -0.15) is 26.3 Å². The van der Waals surface area contributed by atoms with E-state index in [1.807, 2.05) is 0 Å². The van der Waals surface area contributed by atoms with Crippen LogP contribution in [-0.2, 0) is 0 Å². The molecule has 0 saturated heterocycles. The highest BCUT2D eigenvalue weighted by Crippen LogP contribution is 2.37. The van der Waals surface area contributed by atoms with Gasteiger partial charge < -0.3 is 5.73 Å². The zero-order valence-electron chi connectivity index (χ0n) is 6.54. The summed E-state index contributed by atoms with van der Waals surface area (Å²) in [5.74, 6) is -2.38. The van der Waals surface area contributed by atoms with Crippen molar-refractivity contribution in [1.29, 1.82) is 0 Å². The monoisotopic (exact) mass is 209 g/mol. The van der Waals surface area contributed by atoms with Crippen LogP contribution in [0.15, 0.2) is 0 Å². The van der Waals surface area contributed by atoms with Crippen molar-refractivity contribution in [3.05, 3.63) is 0 Å². The molecular formula is C6H9F6N. The normalized spacial score (nSPS) is 15.9. The molecule has 0 aromatic rings. The molecule has 0 aliphatic carbocycles. The standard InChI is InChI=1S/C6H9F6N/c7-5(8,9)3-4(1-2-13)6(10,11)12/h4H,1-3,13H2. The fraction of sp³-hybridized carbons (Fsp3) is 1.00. The minimum Gasteiger partial charge on any atom is -0.330 e. The smallest absolute Gasteiger partial charge is 0.330 e. The maximum Gasteiger partial charge on any atom is 0.392 e. The molecule has 13 heavy (non-hydrogen) atoms. The van der Waals surface area contributed by atoms with Gasteiger partial charge in [0.15, 0.2) is 0 Å². The Labute approximate surface area is 70.9 Å². The van der Waals surface area contributed by atoms with Crippen LogP contribution in [0.1, 0.15) is 12.8 Å². The van der Waals surface area contributed by atoms with E-state index >= 15 is 0 Å². The molecule has 0 aliphatic rings. The van der Waals surface area contributed by atoms with Crippen LogP contribution in [0.2, 0.25) is 0 Å². The van der Waals surface area contributed by atoms with Gasteiger partial charge in [0.2, 0.25) is 0 Å². The van der Waals surface area contributed by atoms with Gasteiger partial charge in [-0.15, -0.1) is 0 Å². The van der Waals surface area contributed by atoms with Crippen LogP contribution in [-0.4, -0.2) is 18.9 Å². The molecule has 7 heteroatoms. The van der Waals surface area contributed by atoms with E-state index in [4.69, 9.17) is 5.73 Å². The average molecular weight is 209 g/mol. The lowest BCUT2D eigenvalue weighted by molar-refractivity contribution is -0.219. The van der Waals surface area contributed by atoms with E-state index in [0.717, 1.165) is 0 Å². The zero-order chi connectivity index (χ0) is 10.7. The highest BCUT2D eigenvalue weighted by Gasteiger charge is 2.45. The molecule has 1 unspecified atom stereocenters. The van der Waals surface area contributed by atoms with E-state index in [9.17, 15) is 26.3 Å². The highest BCUT2D eigenvalue weighted by atomic mass is 19.4. The molecule has 0 rings (SSSR count). The second kappa shape index (κ2) is 4.17. The van der Waals surface area contributed by atoms with E-state index in [1.165, 1.54) is 0 Å². The van der Waals surface area contributed by atoms with Crippen LogP contribution in [0.3, 0.4) is 0 Å². The van der Waals surface area contributed by atoms with E-state index in [-0.39, 0.29) is 0 Å². The Morgan fingerprint density at radius 2 is 1.46 bits per heavy atom. The topological polar surface area (TPSA) is 26.0 Å².